The van der Waals surface area contributed by atoms with Crippen molar-refractivity contribution < 1.29 is 14.0 Å². The van der Waals surface area contributed by atoms with E-state index in [1.54, 1.807) is 31.2 Å². The zero-order valence-corrected chi connectivity index (χ0v) is 16.1. The number of hydrogen-bond acceptors (Lipinski definition) is 6. The van der Waals surface area contributed by atoms with Gasteiger partial charge in [0, 0.05) is 27.1 Å². The third-order valence-electron chi connectivity index (χ3n) is 3.41. The number of carbonyl (C=O) groups is 2. The van der Waals surface area contributed by atoms with Crippen molar-refractivity contribution in [2.24, 2.45) is 0 Å². The van der Waals surface area contributed by atoms with Crippen molar-refractivity contribution in [3.05, 3.63) is 51.5 Å². The van der Waals surface area contributed by atoms with Crippen LogP contribution in [0.25, 0.3) is 11.3 Å². The van der Waals surface area contributed by atoms with Gasteiger partial charge in [-0.25, -0.2) is 4.98 Å². The summed E-state index contributed by atoms with van der Waals surface area (Å²) < 4.78 is 9.71. The van der Waals surface area contributed by atoms with Gasteiger partial charge in [-0.2, -0.15) is 4.37 Å². The van der Waals surface area contributed by atoms with Gasteiger partial charge in [0.1, 0.15) is 17.3 Å². The fraction of sp³-hybridized carbons (Fsp3) is 0.176. The molecule has 134 valence electrons. The second kappa shape index (κ2) is 7.57. The summed E-state index contributed by atoms with van der Waals surface area (Å²) in [6.07, 6.45) is 0.136. The van der Waals surface area contributed by atoms with Crippen molar-refractivity contribution in [1.29, 1.82) is 0 Å². The molecular weight excluding hydrogens is 397 g/mol. The highest BCUT2D eigenvalue weighted by molar-refractivity contribution is 7.09. The molecule has 0 aliphatic heterocycles. The number of nitrogens with zero attached hydrogens (tertiary/aromatic N) is 2. The van der Waals surface area contributed by atoms with Crippen LogP contribution in [-0.4, -0.2) is 21.0 Å². The molecule has 6 nitrogen and oxygen atoms in total. The Morgan fingerprint density at radius 1 is 1.19 bits per heavy atom. The normalized spacial score (nSPS) is 10.8. The number of amides is 1. The minimum absolute atomic E-state index is 0.0452. The predicted octanol–water partition coefficient (Wildman–Crippen LogP) is 4.80. The van der Waals surface area contributed by atoms with Crippen LogP contribution in [0.2, 0.25) is 10.0 Å². The Morgan fingerprint density at radius 3 is 2.54 bits per heavy atom. The zero-order valence-electron chi connectivity index (χ0n) is 13.8. The van der Waals surface area contributed by atoms with Crippen LogP contribution < -0.4 is 5.32 Å². The van der Waals surface area contributed by atoms with Crippen molar-refractivity contribution in [1.82, 2.24) is 9.36 Å². The van der Waals surface area contributed by atoms with Crippen LogP contribution in [0.1, 0.15) is 28.9 Å². The first-order valence-electron chi connectivity index (χ1n) is 7.52. The molecule has 0 aliphatic rings. The number of anilines is 1. The molecule has 26 heavy (non-hydrogen) atoms. The smallest absolute Gasteiger partial charge is 0.261 e. The van der Waals surface area contributed by atoms with Gasteiger partial charge in [-0.3, -0.25) is 14.9 Å². The van der Waals surface area contributed by atoms with Gasteiger partial charge >= 0.3 is 0 Å². The standard InChI is InChI=1S/C17H13Cl2N3O3S/c1-8(23)3-15-20-17(26-22-15)21-16(24)13-7-14(25-9(13)2)10-4-11(18)6-12(19)5-10/h4-7H,3H2,1-2H3,(H,20,21,22,24). The minimum atomic E-state index is -0.379. The maximum absolute atomic E-state index is 12.5. The van der Waals surface area contributed by atoms with Gasteiger partial charge in [-0.05, 0) is 38.1 Å². The molecular formula is C17H13Cl2N3O3S. The van der Waals surface area contributed by atoms with E-state index in [1.807, 2.05) is 0 Å². The summed E-state index contributed by atoms with van der Waals surface area (Å²) in [5.74, 6) is 0.886. The van der Waals surface area contributed by atoms with Gasteiger partial charge in [-0.15, -0.1) is 0 Å². The summed E-state index contributed by atoms with van der Waals surface area (Å²) in [7, 11) is 0. The zero-order chi connectivity index (χ0) is 18.8. The van der Waals surface area contributed by atoms with Gasteiger partial charge in [0.15, 0.2) is 5.82 Å². The lowest BCUT2D eigenvalue weighted by atomic mass is 10.1. The molecule has 2 aromatic heterocycles. The highest BCUT2D eigenvalue weighted by atomic mass is 35.5. The van der Waals surface area contributed by atoms with Crippen molar-refractivity contribution in [2.75, 3.05) is 5.32 Å². The molecule has 2 heterocycles. The highest BCUT2D eigenvalue weighted by Gasteiger charge is 2.18. The van der Waals surface area contributed by atoms with E-state index in [0.29, 0.717) is 43.6 Å². The Balaban J connectivity index is 1.81. The Morgan fingerprint density at radius 2 is 1.88 bits per heavy atom. The van der Waals surface area contributed by atoms with Gasteiger partial charge in [0.2, 0.25) is 5.13 Å². The lowest BCUT2D eigenvalue weighted by Gasteiger charge is -1.99. The molecule has 0 spiro atoms. The molecule has 0 saturated carbocycles. The van der Waals surface area contributed by atoms with E-state index in [-0.39, 0.29) is 18.1 Å². The maximum Gasteiger partial charge on any atom is 0.261 e. The molecule has 1 amide bonds. The number of halogens is 2. The number of ketones is 1. The molecule has 1 aromatic carbocycles. The number of Topliss-reactive ketones (excluding diaryl/α,β-unsaturated/α-hetero) is 1. The number of benzene rings is 1. The Hall–Kier alpha value is -2.22. The third-order valence-corrected chi connectivity index (χ3v) is 4.51. The van der Waals surface area contributed by atoms with Crippen LogP contribution in [0.3, 0.4) is 0 Å². The molecule has 0 aliphatic carbocycles. The number of hydrogen-bond donors (Lipinski definition) is 1. The number of furan rings is 1. The van der Waals surface area contributed by atoms with Crippen molar-refractivity contribution in [3.63, 3.8) is 0 Å². The second-order valence-corrected chi connectivity index (χ2v) is 7.21. The van der Waals surface area contributed by atoms with Crippen molar-refractivity contribution in [2.45, 2.75) is 20.3 Å². The van der Waals surface area contributed by atoms with Crippen LogP contribution >= 0.6 is 34.7 Å². The molecule has 3 rings (SSSR count). The van der Waals surface area contributed by atoms with E-state index in [1.165, 1.54) is 6.92 Å². The van der Waals surface area contributed by atoms with E-state index in [2.05, 4.69) is 14.7 Å². The molecule has 0 atom stereocenters. The molecule has 0 radical (unpaired) electrons. The maximum atomic E-state index is 12.5. The predicted molar refractivity (Wildman–Crippen MR) is 101 cm³/mol. The lowest BCUT2D eigenvalue weighted by Crippen LogP contribution is -2.12. The molecule has 0 fully saturated rings. The summed E-state index contributed by atoms with van der Waals surface area (Å²) in [6.45, 7) is 3.14. The fourth-order valence-corrected chi connectivity index (χ4v) is 3.42. The van der Waals surface area contributed by atoms with Crippen molar-refractivity contribution >= 4 is 51.6 Å². The van der Waals surface area contributed by atoms with Gasteiger partial charge < -0.3 is 4.42 Å². The minimum Gasteiger partial charge on any atom is -0.461 e. The molecule has 0 unspecified atom stereocenters. The Bertz CT molecular complexity index is 977. The van der Waals surface area contributed by atoms with Crippen molar-refractivity contribution in [3.8, 4) is 11.3 Å². The van der Waals surface area contributed by atoms with Gasteiger partial charge in [0.25, 0.3) is 5.91 Å². The molecule has 1 N–H and O–H groups in total. The highest BCUT2D eigenvalue weighted by Crippen LogP contribution is 2.30. The SMILES string of the molecule is CC(=O)Cc1nsc(NC(=O)c2cc(-c3cc(Cl)cc(Cl)c3)oc2C)n1. The first-order chi connectivity index (χ1) is 12.3. The fourth-order valence-electron chi connectivity index (χ4n) is 2.31. The molecule has 9 heteroatoms. The number of aryl methyl sites for hydroxylation is 1. The quantitative estimate of drug-likeness (QED) is 0.653. The van der Waals surface area contributed by atoms with E-state index < -0.39 is 0 Å². The molecule has 0 saturated heterocycles. The average molecular weight is 410 g/mol. The first-order valence-corrected chi connectivity index (χ1v) is 9.05. The topological polar surface area (TPSA) is 85.1 Å². The van der Waals surface area contributed by atoms with Crippen LogP contribution in [0.4, 0.5) is 5.13 Å². The monoisotopic (exact) mass is 409 g/mol. The largest absolute Gasteiger partial charge is 0.461 e. The Kier molecular flexibility index (Phi) is 5.41. The summed E-state index contributed by atoms with van der Waals surface area (Å²) in [6, 6.07) is 6.63. The molecule has 3 aromatic rings. The number of nitrogens with one attached hydrogen (secondary N) is 1. The third kappa shape index (κ3) is 4.30. The van der Waals surface area contributed by atoms with Crippen LogP contribution in [-0.2, 0) is 11.2 Å². The summed E-state index contributed by atoms with van der Waals surface area (Å²) >= 11 is 13.0. The molecule has 0 bridgehead atoms. The van der Waals surface area contributed by atoms with Crippen LogP contribution in [0, 0.1) is 6.92 Å². The Labute approximate surface area is 163 Å². The summed E-state index contributed by atoms with van der Waals surface area (Å²) in [5, 5.41) is 3.92. The number of rotatable bonds is 5. The van der Waals surface area contributed by atoms with Crippen LogP contribution in [0.15, 0.2) is 28.7 Å². The number of aromatic nitrogens is 2. The summed E-state index contributed by atoms with van der Waals surface area (Å²) in [5.41, 5.74) is 1.03. The lowest BCUT2D eigenvalue weighted by molar-refractivity contribution is -0.116. The van der Waals surface area contributed by atoms with E-state index >= 15 is 0 Å². The summed E-state index contributed by atoms with van der Waals surface area (Å²) in [4.78, 5) is 27.7. The second-order valence-electron chi connectivity index (χ2n) is 5.59. The first kappa shape index (κ1) is 18.6. The van der Waals surface area contributed by atoms with Crippen LogP contribution in [0.5, 0.6) is 0 Å². The number of carbonyl (C=O) groups excluding carboxylic acids is 2. The van der Waals surface area contributed by atoms with E-state index in [0.717, 1.165) is 11.5 Å². The van der Waals surface area contributed by atoms with Gasteiger partial charge in [0.05, 0.1) is 12.0 Å². The van der Waals surface area contributed by atoms with E-state index in [9.17, 15) is 9.59 Å². The average Bonchev–Trinajstić information content (AvgIpc) is 3.12. The van der Waals surface area contributed by atoms with Gasteiger partial charge in [-0.1, -0.05) is 23.2 Å². The van der Waals surface area contributed by atoms with E-state index in [4.69, 9.17) is 27.6 Å².